The summed E-state index contributed by atoms with van der Waals surface area (Å²) >= 11 is 0. The number of benzene rings is 2. The molecule has 3 aromatic rings. The maximum absolute atomic E-state index is 12.5. The van der Waals surface area contributed by atoms with Gasteiger partial charge in [-0.2, -0.15) is 0 Å². The number of fused-ring (bicyclic) bond motifs is 1. The molecule has 0 amide bonds. The van der Waals surface area contributed by atoms with Gasteiger partial charge in [-0.1, -0.05) is 0 Å². The number of nitrogens with one attached hydrogen (secondary N) is 1. The first-order valence-corrected chi connectivity index (χ1v) is 8.20. The molecular weight excluding hydrogens is 336 g/mol. The first-order chi connectivity index (χ1) is 12.5. The summed E-state index contributed by atoms with van der Waals surface area (Å²) in [6, 6.07) is 9.56. The van der Waals surface area contributed by atoms with E-state index in [2.05, 4.69) is 9.97 Å². The highest BCUT2D eigenvalue weighted by Gasteiger charge is 2.14. The molecule has 0 aliphatic carbocycles. The third-order valence-electron chi connectivity index (χ3n) is 3.77. The lowest BCUT2D eigenvalue weighted by molar-refractivity contribution is 0.0697. The van der Waals surface area contributed by atoms with Gasteiger partial charge in [0.25, 0.3) is 5.56 Å². The number of nitrogens with zero attached hydrogens (tertiary/aromatic N) is 1. The van der Waals surface area contributed by atoms with Crippen molar-refractivity contribution in [3.05, 3.63) is 52.3 Å². The third-order valence-corrected chi connectivity index (χ3v) is 3.77. The molecule has 0 fully saturated rings. The van der Waals surface area contributed by atoms with Crippen LogP contribution >= 0.6 is 0 Å². The second-order valence-electron chi connectivity index (χ2n) is 5.48. The predicted molar refractivity (Wildman–Crippen MR) is 97.1 cm³/mol. The van der Waals surface area contributed by atoms with Gasteiger partial charge < -0.3 is 19.6 Å². The molecule has 7 nitrogen and oxygen atoms in total. The van der Waals surface area contributed by atoms with Gasteiger partial charge in [0.1, 0.15) is 17.3 Å². The van der Waals surface area contributed by atoms with Gasteiger partial charge in [-0.05, 0) is 50.2 Å². The quantitative estimate of drug-likeness (QED) is 0.705. The molecule has 0 bridgehead atoms. The van der Waals surface area contributed by atoms with E-state index in [-0.39, 0.29) is 10.9 Å². The summed E-state index contributed by atoms with van der Waals surface area (Å²) in [6.07, 6.45) is 0. The van der Waals surface area contributed by atoms with Gasteiger partial charge in [0.15, 0.2) is 0 Å². The lowest BCUT2D eigenvalue weighted by Gasteiger charge is -2.12. The van der Waals surface area contributed by atoms with Crippen molar-refractivity contribution >= 4 is 16.9 Å². The van der Waals surface area contributed by atoms with Gasteiger partial charge in [0.05, 0.1) is 35.2 Å². The average molecular weight is 354 g/mol. The van der Waals surface area contributed by atoms with Crippen LogP contribution in [0.3, 0.4) is 0 Å². The monoisotopic (exact) mass is 354 g/mol. The lowest BCUT2D eigenvalue weighted by Crippen LogP contribution is -2.11. The molecular formula is C19H18N2O5. The number of carbonyl (C=O) groups is 1. The van der Waals surface area contributed by atoms with Crippen molar-refractivity contribution in [2.75, 3.05) is 13.2 Å². The Kier molecular flexibility index (Phi) is 4.88. The Morgan fingerprint density at radius 2 is 1.88 bits per heavy atom. The molecule has 3 rings (SSSR count). The van der Waals surface area contributed by atoms with Crippen molar-refractivity contribution in [2.24, 2.45) is 0 Å². The minimum absolute atomic E-state index is 0.0332. The van der Waals surface area contributed by atoms with Crippen molar-refractivity contribution in [1.82, 2.24) is 9.97 Å². The van der Waals surface area contributed by atoms with Crippen LogP contribution in [0.5, 0.6) is 11.5 Å². The molecule has 2 aromatic carbocycles. The van der Waals surface area contributed by atoms with Gasteiger partial charge in [0, 0.05) is 0 Å². The summed E-state index contributed by atoms with van der Waals surface area (Å²) < 4.78 is 11.2. The van der Waals surface area contributed by atoms with Gasteiger partial charge >= 0.3 is 5.97 Å². The first kappa shape index (κ1) is 17.5. The van der Waals surface area contributed by atoms with E-state index in [9.17, 15) is 9.59 Å². The van der Waals surface area contributed by atoms with Crippen molar-refractivity contribution in [1.29, 1.82) is 0 Å². The molecule has 0 aliphatic heterocycles. The van der Waals surface area contributed by atoms with Crippen molar-refractivity contribution < 1.29 is 19.4 Å². The van der Waals surface area contributed by atoms with Crippen molar-refractivity contribution in [3.63, 3.8) is 0 Å². The Bertz CT molecular complexity index is 1030. The van der Waals surface area contributed by atoms with E-state index >= 15 is 0 Å². The summed E-state index contributed by atoms with van der Waals surface area (Å²) in [6.45, 7) is 4.71. The molecule has 0 unspecified atom stereocenters. The highest BCUT2D eigenvalue weighted by atomic mass is 16.5. The van der Waals surface area contributed by atoms with E-state index in [4.69, 9.17) is 14.6 Å². The van der Waals surface area contributed by atoms with Crippen molar-refractivity contribution in [3.8, 4) is 22.9 Å². The van der Waals surface area contributed by atoms with Gasteiger partial charge in [-0.25, -0.2) is 9.78 Å². The molecule has 26 heavy (non-hydrogen) atoms. The Labute approximate surface area is 149 Å². The number of hydrogen-bond donors (Lipinski definition) is 2. The first-order valence-electron chi connectivity index (χ1n) is 8.20. The average Bonchev–Trinajstić information content (AvgIpc) is 2.63. The highest BCUT2D eigenvalue weighted by Crippen LogP contribution is 2.32. The minimum atomic E-state index is -1.10. The molecule has 2 N–H and O–H groups in total. The Morgan fingerprint density at radius 1 is 1.12 bits per heavy atom. The van der Waals surface area contributed by atoms with Gasteiger partial charge in [-0.15, -0.1) is 0 Å². The largest absolute Gasteiger partial charge is 0.494 e. The van der Waals surface area contributed by atoms with Gasteiger partial charge in [0.2, 0.25) is 0 Å². The zero-order chi connectivity index (χ0) is 18.7. The summed E-state index contributed by atoms with van der Waals surface area (Å²) in [5, 5.41) is 9.30. The molecule has 134 valence electrons. The lowest BCUT2D eigenvalue weighted by atomic mass is 10.1. The Balaban J connectivity index is 2.18. The SMILES string of the molecule is CCOc1ccc(OCC)c(-c2nc3ccc(C(=O)O)cc3c(=O)[nH]2)c1. The van der Waals surface area contributed by atoms with E-state index in [1.165, 1.54) is 18.2 Å². The maximum Gasteiger partial charge on any atom is 0.335 e. The standard InChI is InChI=1S/C19H18N2O5/c1-3-25-12-6-8-16(26-4-2)14(10-12)17-20-15-7-5-11(19(23)24)9-13(15)18(22)21-17/h5-10H,3-4H2,1-2H3,(H,23,24)(H,20,21,22). The second-order valence-corrected chi connectivity index (χ2v) is 5.48. The number of H-pyrrole nitrogens is 1. The molecule has 1 aromatic heterocycles. The molecule has 1 heterocycles. The molecule has 0 aliphatic rings. The highest BCUT2D eigenvalue weighted by molar-refractivity contribution is 5.93. The molecule has 0 spiro atoms. The van der Waals surface area contributed by atoms with Gasteiger partial charge in [-0.3, -0.25) is 4.79 Å². The topological polar surface area (TPSA) is 102 Å². The summed E-state index contributed by atoms with van der Waals surface area (Å²) in [7, 11) is 0. The number of carboxylic acid groups (broad SMARTS) is 1. The van der Waals surface area contributed by atoms with Crippen LogP contribution in [0.2, 0.25) is 0 Å². The van der Waals surface area contributed by atoms with Crippen LogP contribution in [0.25, 0.3) is 22.3 Å². The Hall–Kier alpha value is -3.35. The molecule has 0 saturated carbocycles. The zero-order valence-electron chi connectivity index (χ0n) is 14.4. The van der Waals surface area contributed by atoms with Crippen LogP contribution in [0.4, 0.5) is 0 Å². The normalized spacial score (nSPS) is 10.7. The summed E-state index contributed by atoms with van der Waals surface area (Å²) in [5.41, 5.74) is 0.611. The number of aromatic nitrogens is 2. The zero-order valence-corrected chi connectivity index (χ0v) is 14.4. The van der Waals surface area contributed by atoms with Crippen LogP contribution in [-0.2, 0) is 0 Å². The van der Waals surface area contributed by atoms with E-state index < -0.39 is 11.5 Å². The van der Waals surface area contributed by atoms with E-state index in [0.29, 0.717) is 41.6 Å². The third kappa shape index (κ3) is 3.37. The molecule has 0 saturated heterocycles. The van der Waals surface area contributed by atoms with Crippen LogP contribution in [0, 0.1) is 0 Å². The predicted octanol–water partition coefficient (Wildman–Crippen LogP) is 3.09. The number of hydrogen-bond acceptors (Lipinski definition) is 5. The maximum atomic E-state index is 12.5. The number of ether oxygens (including phenoxy) is 2. The molecule has 7 heteroatoms. The van der Waals surface area contributed by atoms with Crippen LogP contribution in [0.15, 0.2) is 41.2 Å². The van der Waals surface area contributed by atoms with Crippen LogP contribution in [0.1, 0.15) is 24.2 Å². The number of carboxylic acids is 1. The van der Waals surface area contributed by atoms with E-state index in [0.717, 1.165) is 0 Å². The van der Waals surface area contributed by atoms with Crippen molar-refractivity contribution in [2.45, 2.75) is 13.8 Å². The molecule has 0 radical (unpaired) electrons. The Morgan fingerprint density at radius 3 is 2.58 bits per heavy atom. The van der Waals surface area contributed by atoms with Crippen LogP contribution < -0.4 is 15.0 Å². The number of rotatable bonds is 6. The van der Waals surface area contributed by atoms with Crippen LogP contribution in [-0.4, -0.2) is 34.3 Å². The summed E-state index contributed by atoms with van der Waals surface area (Å²) in [5.74, 6) is 0.435. The second kappa shape index (κ2) is 7.26. The fraction of sp³-hybridized carbons (Fsp3) is 0.211. The minimum Gasteiger partial charge on any atom is -0.494 e. The summed E-state index contributed by atoms with van der Waals surface area (Å²) in [4.78, 5) is 30.7. The molecule has 0 atom stereocenters. The number of aromatic carboxylic acids is 1. The number of aromatic amines is 1. The fourth-order valence-corrected chi connectivity index (χ4v) is 2.63. The smallest absolute Gasteiger partial charge is 0.335 e. The van der Waals surface area contributed by atoms with E-state index in [1.54, 1.807) is 18.2 Å². The fourth-order valence-electron chi connectivity index (χ4n) is 2.63. The van der Waals surface area contributed by atoms with E-state index in [1.807, 2.05) is 13.8 Å².